The van der Waals surface area contributed by atoms with Gasteiger partial charge >= 0.3 is 0 Å². The van der Waals surface area contributed by atoms with Gasteiger partial charge in [0.25, 0.3) is 0 Å². The van der Waals surface area contributed by atoms with Gasteiger partial charge in [-0.05, 0) is 70.4 Å². The van der Waals surface area contributed by atoms with Crippen molar-refractivity contribution in [2.75, 3.05) is 0 Å². The second-order valence-corrected chi connectivity index (χ2v) is 12.9. The van der Waals surface area contributed by atoms with Gasteiger partial charge in [-0.3, -0.25) is 4.57 Å². The number of thiophene rings is 1. The Kier molecular flexibility index (Phi) is 5.45. The summed E-state index contributed by atoms with van der Waals surface area (Å²) in [7, 11) is 0. The zero-order chi connectivity index (χ0) is 30.2. The molecule has 214 valence electrons. The van der Waals surface area contributed by atoms with Crippen molar-refractivity contribution in [2.45, 2.75) is 0 Å². The first-order chi connectivity index (χ1) is 22.8. The Morgan fingerprint density at radius 2 is 1.07 bits per heavy atom. The normalized spacial score (nSPS) is 11.9. The van der Waals surface area contributed by atoms with Crippen LogP contribution in [0.4, 0.5) is 0 Å². The van der Waals surface area contributed by atoms with Gasteiger partial charge in [0.15, 0.2) is 0 Å². The summed E-state index contributed by atoms with van der Waals surface area (Å²) in [6, 6.07) is 54.3. The van der Waals surface area contributed by atoms with E-state index < -0.39 is 0 Å². The van der Waals surface area contributed by atoms with Crippen molar-refractivity contribution in [1.29, 1.82) is 0 Å². The van der Waals surface area contributed by atoms with Crippen LogP contribution in [0.25, 0.3) is 92.0 Å². The molecule has 0 N–H and O–H groups in total. The monoisotopic (exact) mass is 603 g/mol. The van der Waals surface area contributed by atoms with Gasteiger partial charge in [0.05, 0.1) is 22.2 Å². The van der Waals surface area contributed by atoms with Gasteiger partial charge in [-0.1, -0.05) is 103 Å². The molecular weight excluding hydrogens is 579 g/mol. The SMILES string of the molecule is c1ccc2cc(-c3nc(-n4c5ccccc5c5cc(-c6ccc7sc8ccccc8c7c6)ccc54)nc4ccccc34)ccc2c1. The molecule has 0 amide bonds. The minimum atomic E-state index is 0.673. The van der Waals surface area contributed by atoms with E-state index >= 15 is 0 Å². The molecule has 10 aromatic rings. The Morgan fingerprint density at radius 1 is 0.413 bits per heavy atom. The Hall–Kier alpha value is -5.84. The molecule has 0 unspecified atom stereocenters. The second-order valence-electron chi connectivity index (χ2n) is 11.8. The summed E-state index contributed by atoms with van der Waals surface area (Å²) in [5.74, 6) is 0.673. The maximum absolute atomic E-state index is 5.31. The molecule has 3 heterocycles. The molecule has 7 aromatic carbocycles. The van der Waals surface area contributed by atoms with Crippen LogP contribution in [0.1, 0.15) is 0 Å². The number of para-hydroxylation sites is 2. The van der Waals surface area contributed by atoms with Gasteiger partial charge in [0, 0.05) is 41.9 Å². The predicted molar refractivity (Wildman–Crippen MR) is 195 cm³/mol. The molecule has 0 bridgehead atoms. The predicted octanol–water partition coefficient (Wildman–Crippen LogP) is 11.6. The van der Waals surface area contributed by atoms with Crippen LogP contribution < -0.4 is 0 Å². The van der Waals surface area contributed by atoms with Crippen LogP contribution in [0, 0.1) is 0 Å². The number of aromatic nitrogens is 3. The van der Waals surface area contributed by atoms with Gasteiger partial charge in [0.1, 0.15) is 0 Å². The zero-order valence-corrected chi connectivity index (χ0v) is 25.5. The minimum Gasteiger partial charge on any atom is -0.278 e. The van der Waals surface area contributed by atoms with Crippen molar-refractivity contribution >= 4 is 75.0 Å². The number of rotatable bonds is 3. The lowest BCUT2D eigenvalue weighted by atomic mass is 10.0. The van der Waals surface area contributed by atoms with Crippen LogP contribution >= 0.6 is 11.3 Å². The molecule has 0 aliphatic carbocycles. The van der Waals surface area contributed by atoms with E-state index in [2.05, 4.69) is 156 Å². The van der Waals surface area contributed by atoms with Crippen LogP contribution in [0.5, 0.6) is 0 Å². The van der Waals surface area contributed by atoms with Crippen molar-refractivity contribution in [3.8, 4) is 28.3 Å². The third kappa shape index (κ3) is 3.84. The number of nitrogens with zero attached hydrogens (tertiary/aromatic N) is 3. The standard InChI is InChI=1S/C42H25N3S/c1-2-10-27-23-30(18-17-26(27)9-1)41-33-13-3-6-14-36(33)43-42(44-41)45-37-15-7-4-11-31(37)34-24-28(19-21-38(34)45)29-20-22-40-35(25-29)32-12-5-8-16-39(32)46-40/h1-25H. The van der Waals surface area contributed by atoms with E-state index in [9.17, 15) is 0 Å². The number of benzene rings is 7. The van der Waals surface area contributed by atoms with E-state index in [4.69, 9.17) is 9.97 Å². The molecule has 10 rings (SSSR count). The maximum atomic E-state index is 5.31. The van der Waals surface area contributed by atoms with Gasteiger partial charge in [-0.15, -0.1) is 11.3 Å². The van der Waals surface area contributed by atoms with Crippen LogP contribution in [0.3, 0.4) is 0 Å². The van der Waals surface area contributed by atoms with E-state index in [-0.39, 0.29) is 0 Å². The first kappa shape index (κ1) is 25.5. The molecule has 0 radical (unpaired) electrons. The highest BCUT2D eigenvalue weighted by Gasteiger charge is 2.18. The van der Waals surface area contributed by atoms with E-state index in [1.807, 2.05) is 11.3 Å². The van der Waals surface area contributed by atoms with Gasteiger partial charge in [-0.2, -0.15) is 0 Å². The summed E-state index contributed by atoms with van der Waals surface area (Å²) in [6.45, 7) is 0. The Morgan fingerprint density at radius 3 is 1.98 bits per heavy atom. The quantitative estimate of drug-likeness (QED) is 0.201. The van der Waals surface area contributed by atoms with Gasteiger partial charge in [0.2, 0.25) is 5.95 Å². The first-order valence-electron chi connectivity index (χ1n) is 15.5. The molecule has 0 fully saturated rings. The van der Waals surface area contributed by atoms with E-state index in [1.165, 1.54) is 52.8 Å². The summed E-state index contributed by atoms with van der Waals surface area (Å²) in [4.78, 5) is 10.5. The molecule has 0 atom stereocenters. The minimum absolute atomic E-state index is 0.673. The lowest BCUT2D eigenvalue weighted by Crippen LogP contribution is -2.03. The number of hydrogen-bond acceptors (Lipinski definition) is 3. The molecule has 3 aromatic heterocycles. The van der Waals surface area contributed by atoms with E-state index in [0.717, 1.165) is 33.2 Å². The highest BCUT2D eigenvalue weighted by Crippen LogP contribution is 2.39. The second kappa shape index (κ2) is 9.83. The topological polar surface area (TPSA) is 30.7 Å². The molecule has 0 saturated carbocycles. The highest BCUT2D eigenvalue weighted by molar-refractivity contribution is 7.25. The molecule has 3 nitrogen and oxygen atoms in total. The number of hydrogen-bond donors (Lipinski definition) is 0. The maximum Gasteiger partial charge on any atom is 0.235 e. The van der Waals surface area contributed by atoms with Crippen molar-refractivity contribution in [3.05, 3.63) is 152 Å². The fourth-order valence-corrected chi connectivity index (χ4v) is 8.08. The summed E-state index contributed by atoms with van der Waals surface area (Å²) in [5.41, 5.74) is 7.54. The molecule has 0 spiro atoms. The van der Waals surface area contributed by atoms with Crippen molar-refractivity contribution in [1.82, 2.24) is 14.5 Å². The molecule has 46 heavy (non-hydrogen) atoms. The number of fused-ring (bicyclic) bond motifs is 8. The van der Waals surface area contributed by atoms with Crippen LogP contribution in [0.15, 0.2) is 152 Å². The highest BCUT2D eigenvalue weighted by atomic mass is 32.1. The van der Waals surface area contributed by atoms with Crippen LogP contribution in [-0.4, -0.2) is 14.5 Å². The van der Waals surface area contributed by atoms with Crippen molar-refractivity contribution < 1.29 is 0 Å². The van der Waals surface area contributed by atoms with Crippen molar-refractivity contribution in [3.63, 3.8) is 0 Å². The molecular formula is C42H25N3S. The molecule has 0 saturated heterocycles. The summed E-state index contributed by atoms with van der Waals surface area (Å²) >= 11 is 1.85. The third-order valence-electron chi connectivity index (χ3n) is 9.20. The average molecular weight is 604 g/mol. The lowest BCUT2D eigenvalue weighted by molar-refractivity contribution is 1.01. The van der Waals surface area contributed by atoms with Crippen LogP contribution in [-0.2, 0) is 0 Å². The average Bonchev–Trinajstić information content (AvgIpc) is 3.66. The van der Waals surface area contributed by atoms with Crippen molar-refractivity contribution in [2.24, 2.45) is 0 Å². The summed E-state index contributed by atoms with van der Waals surface area (Å²) in [6.07, 6.45) is 0. The van der Waals surface area contributed by atoms with E-state index in [0.29, 0.717) is 5.95 Å². The molecule has 0 aliphatic rings. The first-order valence-corrected chi connectivity index (χ1v) is 16.3. The lowest BCUT2D eigenvalue weighted by Gasteiger charge is -2.12. The van der Waals surface area contributed by atoms with Gasteiger partial charge < -0.3 is 0 Å². The Balaban J connectivity index is 1.20. The molecule has 4 heteroatoms. The fourth-order valence-electron chi connectivity index (χ4n) is 6.99. The zero-order valence-electron chi connectivity index (χ0n) is 24.7. The Bertz CT molecular complexity index is 2820. The summed E-state index contributed by atoms with van der Waals surface area (Å²) < 4.78 is 4.87. The Labute approximate surface area is 268 Å². The van der Waals surface area contributed by atoms with E-state index in [1.54, 1.807) is 0 Å². The smallest absolute Gasteiger partial charge is 0.235 e. The fraction of sp³-hybridized carbons (Fsp3) is 0. The van der Waals surface area contributed by atoms with Crippen LogP contribution in [0.2, 0.25) is 0 Å². The largest absolute Gasteiger partial charge is 0.278 e. The molecule has 0 aliphatic heterocycles. The summed E-state index contributed by atoms with van der Waals surface area (Å²) in [5, 5.41) is 8.46. The van der Waals surface area contributed by atoms with Gasteiger partial charge in [-0.25, -0.2) is 9.97 Å². The third-order valence-corrected chi connectivity index (χ3v) is 10.3.